The molecule has 0 spiro atoms. The highest BCUT2D eigenvalue weighted by atomic mass is 16.5. The van der Waals surface area contributed by atoms with Gasteiger partial charge in [0.25, 0.3) is 0 Å². The van der Waals surface area contributed by atoms with Crippen molar-refractivity contribution >= 4 is 35.7 Å². The van der Waals surface area contributed by atoms with Crippen molar-refractivity contribution in [2.45, 2.75) is 170 Å². The quantitative estimate of drug-likeness (QED) is 0.0244. The molecular formula is C44H72N2O8. The summed E-state index contributed by atoms with van der Waals surface area (Å²) in [4.78, 5) is 34.1. The molecule has 1 rings (SSSR count). The fourth-order valence-corrected chi connectivity index (χ4v) is 5.79. The number of carbonyl (C=O) groups excluding carboxylic acids is 2. The summed E-state index contributed by atoms with van der Waals surface area (Å²) < 4.78 is 22.8. The van der Waals surface area contributed by atoms with Gasteiger partial charge in [-0.2, -0.15) is 0 Å². The minimum absolute atomic E-state index is 0.112. The van der Waals surface area contributed by atoms with Crippen molar-refractivity contribution in [3.05, 3.63) is 34.8 Å². The Morgan fingerprint density at radius 3 is 1.09 bits per heavy atom. The van der Waals surface area contributed by atoms with E-state index in [-0.39, 0.29) is 47.3 Å². The van der Waals surface area contributed by atoms with Crippen LogP contribution in [0.5, 0.6) is 11.5 Å². The number of aliphatic hydroxyl groups excluding tert-OH is 2. The largest absolute Gasteiger partial charge is 0.512 e. The Balaban J connectivity index is 3.28. The highest BCUT2D eigenvalue weighted by molar-refractivity contribution is 6.11. The van der Waals surface area contributed by atoms with E-state index in [1.54, 1.807) is 26.0 Å². The number of nitrogens with zero attached hydrogens (tertiary/aromatic N) is 2. The Hall–Kier alpha value is -3.82. The molecule has 0 bridgehead atoms. The van der Waals surface area contributed by atoms with Gasteiger partial charge in [-0.3, -0.25) is 9.98 Å². The maximum absolute atomic E-state index is 12.6. The number of aliphatic imine (C=N–C) groups is 2. The molecule has 0 saturated heterocycles. The fourth-order valence-electron chi connectivity index (χ4n) is 5.79. The molecule has 10 heteroatoms. The summed E-state index contributed by atoms with van der Waals surface area (Å²) >= 11 is 0. The second kappa shape index (κ2) is 31.5. The first-order valence-electron chi connectivity index (χ1n) is 20.9. The number of carbonyl (C=O) groups is 2. The van der Waals surface area contributed by atoms with Gasteiger partial charge in [-0.25, -0.2) is 9.59 Å². The van der Waals surface area contributed by atoms with Gasteiger partial charge in [0, 0.05) is 24.6 Å². The molecule has 10 nitrogen and oxygen atoms in total. The van der Waals surface area contributed by atoms with E-state index in [1.807, 2.05) is 0 Å². The second-order valence-corrected chi connectivity index (χ2v) is 13.8. The zero-order chi connectivity index (χ0) is 39.8. The molecule has 0 unspecified atom stereocenters. The van der Waals surface area contributed by atoms with Crippen molar-refractivity contribution in [1.82, 2.24) is 0 Å². The smallest absolute Gasteiger partial charge is 0.343 e. The minimum atomic E-state index is -0.719. The lowest BCUT2D eigenvalue weighted by Crippen LogP contribution is -2.11. The number of rotatable bonds is 32. The number of hydrogen-bond acceptors (Lipinski definition) is 10. The highest BCUT2D eigenvalue weighted by Gasteiger charge is 2.17. The average molecular weight is 757 g/mol. The first kappa shape index (κ1) is 48.2. The third kappa shape index (κ3) is 21.8. The van der Waals surface area contributed by atoms with Gasteiger partial charge >= 0.3 is 11.9 Å². The number of ether oxygens (including phenoxy) is 4. The van der Waals surface area contributed by atoms with Crippen molar-refractivity contribution in [3.8, 4) is 11.5 Å². The summed E-state index contributed by atoms with van der Waals surface area (Å²) in [7, 11) is 0. The number of esters is 2. The van der Waals surface area contributed by atoms with Crippen LogP contribution in [0.4, 0.5) is 11.4 Å². The van der Waals surface area contributed by atoms with E-state index in [2.05, 4.69) is 23.8 Å². The van der Waals surface area contributed by atoms with Gasteiger partial charge in [0.15, 0.2) is 11.5 Å². The van der Waals surface area contributed by atoms with Crippen LogP contribution in [0.1, 0.15) is 170 Å². The Morgan fingerprint density at radius 2 is 0.815 bits per heavy atom. The molecule has 306 valence electrons. The van der Waals surface area contributed by atoms with Crippen LogP contribution >= 0.6 is 0 Å². The third-order valence-corrected chi connectivity index (χ3v) is 8.99. The highest BCUT2D eigenvalue weighted by Crippen LogP contribution is 2.40. The lowest BCUT2D eigenvalue weighted by Gasteiger charge is -2.15. The molecule has 0 atom stereocenters. The molecule has 0 radical (unpaired) electrons. The zero-order valence-electron chi connectivity index (χ0n) is 34.5. The summed E-state index contributed by atoms with van der Waals surface area (Å²) in [6.07, 6.45) is 26.7. The standard InChI is InChI=1S/C44H72N2O8/c1-7-11-13-15-17-19-21-23-25-27-29-53-41-31-39(45-33-37(35(5)47)43(49)51-9-3)40(46-34-38(36(6)48)44(50)52-10-4)32-42(41)54-30-28-26-24-22-20-18-16-14-12-8-2/h31-34,47-48H,7-30H2,1-6H3/b37-35-,38-36+,45-33?,46-34?. The molecule has 0 aliphatic carbocycles. The van der Waals surface area contributed by atoms with Crippen molar-refractivity contribution in [2.75, 3.05) is 26.4 Å². The second-order valence-electron chi connectivity index (χ2n) is 13.8. The van der Waals surface area contributed by atoms with Crippen molar-refractivity contribution < 1.29 is 38.7 Å². The van der Waals surface area contributed by atoms with Crippen LogP contribution in [0.25, 0.3) is 0 Å². The molecule has 0 aromatic heterocycles. The first-order chi connectivity index (χ1) is 26.2. The van der Waals surface area contributed by atoms with Gasteiger partial charge in [0.05, 0.1) is 37.8 Å². The van der Waals surface area contributed by atoms with Crippen LogP contribution in [-0.2, 0) is 19.1 Å². The average Bonchev–Trinajstić information content (AvgIpc) is 3.13. The fraction of sp³-hybridized carbons (Fsp3) is 0.682. The summed E-state index contributed by atoms with van der Waals surface area (Å²) in [6.45, 7) is 11.8. The zero-order valence-corrected chi connectivity index (χ0v) is 34.5. The predicted octanol–water partition coefficient (Wildman–Crippen LogP) is 12.5. The van der Waals surface area contributed by atoms with E-state index >= 15 is 0 Å². The van der Waals surface area contributed by atoms with Crippen molar-refractivity contribution in [2.24, 2.45) is 9.98 Å². The van der Waals surface area contributed by atoms with Crippen LogP contribution in [-0.4, -0.2) is 61.0 Å². The number of hydrogen-bond donors (Lipinski definition) is 2. The van der Waals surface area contributed by atoms with E-state index < -0.39 is 11.9 Å². The third-order valence-electron chi connectivity index (χ3n) is 8.99. The van der Waals surface area contributed by atoms with Crippen molar-refractivity contribution in [1.29, 1.82) is 0 Å². The molecule has 0 aliphatic rings. The molecule has 54 heavy (non-hydrogen) atoms. The molecule has 0 aliphatic heterocycles. The van der Waals surface area contributed by atoms with Gasteiger partial charge in [-0.05, 0) is 40.5 Å². The van der Waals surface area contributed by atoms with Crippen LogP contribution in [0.2, 0.25) is 0 Å². The van der Waals surface area contributed by atoms with Crippen LogP contribution < -0.4 is 9.47 Å². The normalized spacial score (nSPS) is 12.6. The first-order valence-corrected chi connectivity index (χ1v) is 20.9. The van der Waals surface area contributed by atoms with Gasteiger partial charge < -0.3 is 29.2 Å². The van der Waals surface area contributed by atoms with E-state index in [0.29, 0.717) is 24.7 Å². The summed E-state index contributed by atoms with van der Waals surface area (Å²) in [5, 5.41) is 20.5. The van der Waals surface area contributed by atoms with E-state index in [9.17, 15) is 19.8 Å². The van der Waals surface area contributed by atoms with Gasteiger partial charge in [0.1, 0.15) is 22.7 Å². The van der Waals surface area contributed by atoms with Crippen molar-refractivity contribution in [3.63, 3.8) is 0 Å². The molecule has 1 aromatic carbocycles. The summed E-state index contributed by atoms with van der Waals surface area (Å²) in [5.74, 6) is -0.983. The molecule has 0 saturated carbocycles. The lowest BCUT2D eigenvalue weighted by atomic mass is 10.1. The molecule has 0 amide bonds. The lowest BCUT2D eigenvalue weighted by molar-refractivity contribution is -0.139. The Labute approximate surface area is 326 Å². The number of allylic oxidation sites excluding steroid dienone is 2. The molecule has 0 heterocycles. The number of unbranched alkanes of at least 4 members (excludes halogenated alkanes) is 18. The van der Waals surface area contributed by atoms with E-state index in [0.717, 1.165) is 38.5 Å². The predicted molar refractivity (Wildman–Crippen MR) is 221 cm³/mol. The van der Waals surface area contributed by atoms with E-state index in [4.69, 9.17) is 18.9 Å². The van der Waals surface area contributed by atoms with Crippen LogP contribution in [0.3, 0.4) is 0 Å². The summed E-state index contributed by atoms with van der Waals surface area (Å²) in [6, 6.07) is 3.37. The topological polar surface area (TPSA) is 136 Å². The minimum Gasteiger partial charge on any atom is -0.512 e. The number of benzene rings is 1. The SMILES string of the molecule is CCCCCCCCCCCCOc1cc(N=C/C(C(=O)OCC)=C(\C)O)c(N=C/C(C(=O)OCC)=C(/C)O)cc1OCCCCCCCCCCCC. The van der Waals surface area contributed by atoms with Crippen LogP contribution in [0, 0.1) is 0 Å². The van der Waals surface area contributed by atoms with Gasteiger partial charge in [-0.15, -0.1) is 0 Å². The Bertz CT molecular complexity index is 1210. The summed E-state index contributed by atoms with van der Waals surface area (Å²) in [5.41, 5.74) is 0.355. The monoisotopic (exact) mass is 757 g/mol. The van der Waals surface area contributed by atoms with Gasteiger partial charge in [-0.1, -0.05) is 129 Å². The molecule has 0 fully saturated rings. The molecule has 1 aromatic rings. The Morgan fingerprint density at radius 1 is 0.519 bits per heavy atom. The van der Waals surface area contributed by atoms with E-state index in [1.165, 1.54) is 116 Å². The Kier molecular flexibility index (Phi) is 28.1. The maximum Gasteiger partial charge on any atom is 0.343 e. The maximum atomic E-state index is 12.6. The molecule has 2 N–H and O–H groups in total. The number of aliphatic hydroxyl groups is 2. The van der Waals surface area contributed by atoms with Gasteiger partial charge in [0.2, 0.25) is 0 Å². The molecular weight excluding hydrogens is 684 g/mol. The van der Waals surface area contributed by atoms with Crippen LogP contribution in [0.15, 0.2) is 44.8 Å².